The minimum atomic E-state index is -1.84. The fourth-order valence-corrected chi connectivity index (χ4v) is 4.38. The molecule has 0 aromatic heterocycles. The van der Waals surface area contributed by atoms with Gasteiger partial charge in [0.1, 0.15) is 0 Å². The zero-order valence-electron chi connectivity index (χ0n) is 16.4. The van der Waals surface area contributed by atoms with E-state index in [0.29, 0.717) is 23.4 Å². The molecule has 1 aliphatic heterocycles. The number of hydrogen-bond acceptors (Lipinski definition) is 3. The molecule has 0 saturated heterocycles. The summed E-state index contributed by atoms with van der Waals surface area (Å²) in [4.78, 5) is 27.8. The number of aryl methyl sites for hydroxylation is 1. The van der Waals surface area contributed by atoms with Crippen LogP contribution in [-0.2, 0) is 16.8 Å². The molecule has 1 unspecified atom stereocenters. The summed E-state index contributed by atoms with van der Waals surface area (Å²) in [5.74, 6) is -0.701. The van der Waals surface area contributed by atoms with Crippen LogP contribution >= 0.6 is 15.9 Å². The second-order valence-corrected chi connectivity index (χ2v) is 8.45. The Bertz CT molecular complexity index is 1080. The van der Waals surface area contributed by atoms with Crippen LogP contribution in [0, 0.1) is 0 Å². The van der Waals surface area contributed by atoms with Crippen LogP contribution in [0.15, 0.2) is 83.3 Å². The molecular formula is C25H22BrNO3. The van der Waals surface area contributed by atoms with E-state index in [-0.39, 0.29) is 12.2 Å². The van der Waals surface area contributed by atoms with Crippen LogP contribution < -0.4 is 4.90 Å². The van der Waals surface area contributed by atoms with Gasteiger partial charge >= 0.3 is 0 Å². The summed E-state index contributed by atoms with van der Waals surface area (Å²) in [6, 6.07) is 24.3. The van der Waals surface area contributed by atoms with Crippen molar-refractivity contribution in [2.24, 2.45) is 0 Å². The molecule has 0 fully saturated rings. The number of para-hydroxylation sites is 1. The summed E-state index contributed by atoms with van der Waals surface area (Å²) >= 11 is 3.36. The smallest absolute Gasteiger partial charge is 0.264 e. The largest absolute Gasteiger partial charge is 0.375 e. The van der Waals surface area contributed by atoms with Gasteiger partial charge in [0.05, 0.1) is 12.1 Å². The Labute approximate surface area is 184 Å². The van der Waals surface area contributed by atoms with Crippen molar-refractivity contribution in [3.05, 3.63) is 100 Å². The Morgan fingerprint density at radius 1 is 0.967 bits per heavy atom. The molecule has 0 radical (unpaired) electrons. The van der Waals surface area contributed by atoms with Crippen LogP contribution in [0.2, 0.25) is 0 Å². The highest BCUT2D eigenvalue weighted by Gasteiger charge is 2.50. The number of nitrogens with zero attached hydrogens (tertiary/aromatic N) is 1. The lowest BCUT2D eigenvalue weighted by atomic mass is 9.88. The summed E-state index contributed by atoms with van der Waals surface area (Å²) < 4.78 is 0.779. The number of fused-ring (bicyclic) bond motifs is 1. The second kappa shape index (κ2) is 8.54. The zero-order valence-corrected chi connectivity index (χ0v) is 18.0. The molecule has 0 aliphatic carbocycles. The number of rotatable bonds is 7. The van der Waals surface area contributed by atoms with E-state index in [1.54, 1.807) is 35.2 Å². The first-order valence-electron chi connectivity index (χ1n) is 9.95. The van der Waals surface area contributed by atoms with Crippen molar-refractivity contribution in [3.63, 3.8) is 0 Å². The molecule has 1 N–H and O–H groups in total. The second-order valence-electron chi connectivity index (χ2n) is 7.53. The minimum Gasteiger partial charge on any atom is -0.375 e. The lowest BCUT2D eigenvalue weighted by molar-refractivity contribution is -0.135. The minimum absolute atomic E-state index is 0.270. The zero-order chi connectivity index (χ0) is 21.1. The number of Topliss-reactive ketones (excluding diaryl/α,β-unsaturated/α-hetero) is 1. The normalized spacial score (nSPS) is 17.8. The third-order valence-electron chi connectivity index (χ3n) is 5.49. The van der Waals surface area contributed by atoms with E-state index in [9.17, 15) is 14.7 Å². The summed E-state index contributed by atoms with van der Waals surface area (Å²) in [6.07, 6.45) is 1.32. The van der Waals surface area contributed by atoms with Gasteiger partial charge in [-0.05, 0) is 36.6 Å². The lowest BCUT2D eigenvalue weighted by Gasteiger charge is -2.23. The van der Waals surface area contributed by atoms with E-state index in [1.807, 2.05) is 36.4 Å². The fourth-order valence-electron chi connectivity index (χ4n) is 3.98. The number of ketones is 1. The van der Waals surface area contributed by atoms with Crippen LogP contribution in [0.3, 0.4) is 0 Å². The summed E-state index contributed by atoms with van der Waals surface area (Å²) in [5, 5.41) is 11.4. The number of halogens is 1. The lowest BCUT2D eigenvalue weighted by Crippen LogP contribution is -2.42. The van der Waals surface area contributed by atoms with Crippen molar-refractivity contribution in [1.29, 1.82) is 0 Å². The van der Waals surface area contributed by atoms with Gasteiger partial charge in [-0.15, -0.1) is 0 Å². The van der Waals surface area contributed by atoms with E-state index in [2.05, 4.69) is 28.1 Å². The molecule has 1 amide bonds. The fraction of sp³-hybridized carbons (Fsp3) is 0.200. The summed E-state index contributed by atoms with van der Waals surface area (Å²) in [6.45, 7) is 0.484. The highest BCUT2D eigenvalue weighted by Crippen LogP contribution is 2.43. The first-order chi connectivity index (χ1) is 14.5. The molecule has 1 heterocycles. The van der Waals surface area contributed by atoms with Gasteiger partial charge in [0.2, 0.25) is 0 Å². The van der Waals surface area contributed by atoms with Crippen molar-refractivity contribution >= 4 is 33.3 Å². The molecule has 30 heavy (non-hydrogen) atoms. The molecular weight excluding hydrogens is 442 g/mol. The van der Waals surface area contributed by atoms with Crippen LogP contribution in [0.25, 0.3) is 0 Å². The predicted octanol–water partition coefficient (Wildman–Crippen LogP) is 4.89. The quantitative estimate of drug-likeness (QED) is 0.507. The number of amides is 1. The van der Waals surface area contributed by atoms with Crippen molar-refractivity contribution in [2.45, 2.75) is 24.9 Å². The number of hydrogen-bond donors (Lipinski definition) is 1. The van der Waals surface area contributed by atoms with Gasteiger partial charge in [-0.25, -0.2) is 0 Å². The maximum absolute atomic E-state index is 13.3. The molecule has 1 aliphatic rings. The van der Waals surface area contributed by atoms with Gasteiger partial charge in [0.15, 0.2) is 11.4 Å². The highest BCUT2D eigenvalue weighted by molar-refractivity contribution is 9.10. The van der Waals surface area contributed by atoms with E-state index < -0.39 is 11.5 Å². The first kappa shape index (κ1) is 20.5. The van der Waals surface area contributed by atoms with Gasteiger partial charge in [0, 0.05) is 22.1 Å². The maximum atomic E-state index is 13.3. The third-order valence-corrected chi connectivity index (χ3v) is 5.99. The molecule has 0 spiro atoms. The van der Waals surface area contributed by atoms with Gasteiger partial charge in [-0.2, -0.15) is 0 Å². The molecule has 152 valence electrons. The number of anilines is 1. The third kappa shape index (κ3) is 3.95. The van der Waals surface area contributed by atoms with Crippen molar-refractivity contribution in [3.8, 4) is 0 Å². The Morgan fingerprint density at radius 2 is 1.70 bits per heavy atom. The van der Waals surface area contributed by atoms with Crippen molar-refractivity contribution in [1.82, 2.24) is 0 Å². The van der Waals surface area contributed by atoms with Gasteiger partial charge in [-0.3, -0.25) is 9.59 Å². The first-order valence-corrected chi connectivity index (χ1v) is 10.7. The van der Waals surface area contributed by atoms with Crippen molar-refractivity contribution in [2.75, 3.05) is 11.4 Å². The van der Waals surface area contributed by atoms with E-state index in [4.69, 9.17) is 0 Å². The molecule has 5 heteroatoms. The molecule has 3 aromatic carbocycles. The molecule has 3 aromatic rings. The van der Waals surface area contributed by atoms with Crippen LogP contribution in [-0.4, -0.2) is 23.3 Å². The maximum Gasteiger partial charge on any atom is 0.264 e. The monoisotopic (exact) mass is 463 g/mol. The van der Waals surface area contributed by atoms with Gasteiger partial charge in [0.25, 0.3) is 5.91 Å². The summed E-state index contributed by atoms with van der Waals surface area (Å²) in [5.41, 5.74) is 1.00. The van der Waals surface area contributed by atoms with Crippen LogP contribution in [0.4, 0.5) is 5.69 Å². The van der Waals surface area contributed by atoms with E-state index >= 15 is 0 Å². The standard InChI is InChI=1S/C25H22BrNO3/c26-20-12-6-11-19(16-20)23(28)17-25(30)21-13-4-5-14-22(21)27(24(25)29)15-7-10-18-8-2-1-3-9-18/h1-6,8-9,11-14,16,30H,7,10,15,17H2. The Hall–Kier alpha value is -2.76. The molecule has 0 bridgehead atoms. The van der Waals surface area contributed by atoms with E-state index in [1.165, 1.54) is 5.56 Å². The van der Waals surface area contributed by atoms with Crippen molar-refractivity contribution < 1.29 is 14.7 Å². The number of benzene rings is 3. The van der Waals surface area contributed by atoms with Crippen LogP contribution in [0.1, 0.15) is 34.3 Å². The number of aliphatic hydroxyl groups is 1. The average Bonchev–Trinajstić information content (AvgIpc) is 2.96. The molecule has 4 nitrogen and oxygen atoms in total. The molecule has 1 atom stereocenters. The highest BCUT2D eigenvalue weighted by atomic mass is 79.9. The van der Waals surface area contributed by atoms with E-state index in [0.717, 1.165) is 17.3 Å². The Morgan fingerprint density at radius 3 is 2.47 bits per heavy atom. The Kier molecular flexibility index (Phi) is 5.84. The van der Waals surface area contributed by atoms with Gasteiger partial charge in [-0.1, -0.05) is 76.6 Å². The number of carbonyl (C=O) groups excluding carboxylic acids is 2. The number of carbonyl (C=O) groups is 2. The van der Waals surface area contributed by atoms with Crippen LogP contribution in [0.5, 0.6) is 0 Å². The Balaban J connectivity index is 1.55. The SMILES string of the molecule is O=C(CC1(O)C(=O)N(CCCc2ccccc2)c2ccccc21)c1cccc(Br)c1. The molecule has 4 rings (SSSR count). The predicted molar refractivity (Wildman–Crippen MR) is 121 cm³/mol. The molecule has 0 saturated carbocycles. The average molecular weight is 464 g/mol. The van der Waals surface area contributed by atoms with Gasteiger partial charge < -0.3 is 10.0 Å². The topological polar surface area (TPSA) is 57.6 Å². The summed E-state index contributed by atoms with van der Waals surface area (Å²) in [7, 11) is 0.